The number of benzene rings is 2. The van der Waals surface area contributed by atoms with Crippen LogP contribution in [-0.4, -0.2) is 9.55 Å². The maximum Gasteiger partial charge on any atom is 0.159 e. The molecule has 1 heterocycles. The first kappa shape index (κ1) is 14.2. The largest absolute Gasteiger partial charge is 0.327 e. The smallest absolute Gasteiger partial charge is 0.159 e. The monoisotopic (exact) mass is 396 g/mol. The number of hydrogen-bond donors (Lipinski definition) is 0. The molecule has 0 aliphatic rings. The Morgan fingerprint density at radius 1 is 1.05 bits per heavy atom. The molecule has 2 aromatic carbocycles. The highest BCUT2D eigenvalue weighted by molar-refractivity contribution is 14.1. The van der Waals surface area contributed by atoms with Gasteiger partial charge in [-0.2, -0.15) is 0 Å². The molecule has 1 aromatic heterocycles. The van der Waals surface area contributed by atoms with E-state index in [1.54, 1.807) is 12.3 Å². The number of hydrogen-bond acceptors (Lipinski definition) is 1. The average Bonchev–Trinajstić information content (AvgIpc) is 2.91. The summed E-state index contributed by atoms with van der Waals surface area (Å²) < 4.78 is 29.3. The van der Waals surface area contributed by atoms with E-state index < -0.39 is 11.6 Å². The minimum Gasteiger partial charge on any atom is -0.327 e. The predicted molar refractivity (Wildman–Crippen MR) is 85.8 cm³/mol. The Labute approximate surface area is 134 Å². The van der Waals surface area contributed by atoms with Crippen molar-refractivity contribution in [2.45, 2.75) is 6.54 Å². The van der Waals surface area contributed by atoms with Gasteiger partial charge in [0, 0.05) is 28.1 Å². The van der Waals surface area contributed by atoms with Crippen molar-refractivity contribution in [3.63, 3.8) is 0 Å². The molecule has 21 heavy (non-hydrogen) atoms. The third kappa shape index (κ3) is 3.12. The number of rotatable bonds is 3. The highest BCUT2D eigenvalue weighted by Gasteiger charge is 2.08. The fourth-order valence-corrected chi connectivity index (χ4v) is 2.70. The molecule has 0 unspecified atom stereocenters. The topological polar surface area (TPSA) is 17.8 Å². The van der Waals surface area contributed by atoms with Crippen LogP contribution in [0, 0.1) is 15.2 Å². The second-order valence-corrected chi connectivity index (χ2v) is 5.88. The molecule has 0 saturated carbocycles. The summed E-state index contributed by atoms with van der Waals surface area (Å²) in [5.41, 5.74) is 1.69. The zero-order valence-electron chi connectivity index (χ0n) is 10.9. The van der Waals surface area contributed by atoms with Gasteiger partial charge in [0.25, 0.3) is 0 Å². The lowest BCUT2D eigenvalue weighted by molar-refractivity contribution is 0.506. The summed E-state index contributed by atoms with van der Waals surface area (Å²) in [4.78, 5) is 4.36. The lowest BCUT2D eigenvalue weighted by Gasteiger charge is -2.09. The molecule has 0 radical (unpaired) electrons. The van der Waals surface area contributed by atoms with E-state index in [4.69, 9.17) is 0 Å². The third-order valence-corrected chi connectivity index (χ3v) is 3.81. The van der Waals surface area contributed by atoms with Crippen LogP contribution < -0.4 is 0 Å². The molecule has 0 aliphatic heterocycles. The first-order valence-corrected chi connectivity index (χ1v) is 7.42. The van der Waals surface area contributed by atoms with Crippen molar-refractivity contribution >= 4 is 22.6 Å². The van der Waals surface area contributed by atoms with Gasteiger partial charge in [0.1, 0.15) is 5.82 Å². The third-order valence-electron chi connectivity index (χ3n) is 3.14. The molecule has 0 amide bonds. The van der Waals surface area contributed by atoms with Crippen LogP contribution in [0.5, 0.6) is 0 Å². The average molecular weight is 396 g/mol. The van der Waals surface area contributed by atoms with Crippen LogP contribution in [-0.2, 0) is 6.54 Å². The van der Waals surface area contributed by atoms with Crippen LogP contribution in [0.1, 0.15) is 5.56 Å². The number of aromatic nitrogens is 2. The highest BCUT2D eigenvalue weighted by atomic mass is 127. The first-order chi connectivity index (χ1) is 10.1. The maximum atomic E-state index is 13.3. The van der Waals surface area contributed by atoms with E-state index in [0.717, 1.165) is 21.0 Å². The van der Waals surface area contributed by atoms with Crippen molar-refractivity contribution in [1.82, 2.24) is 9.55 Å². The molecule has 0 bridgehead atoms. The summed E-state index contributed by atoms with van der Waals surface area (Å²) in [5, 5.41) is 0. The number of imidazole rings is 1. The summed E-state index contributed by atoms with van der Waals surface area (Å²) >= 11 is 2.25. The lowest BCUT2D eigenvalue weighted by Crippen LogP contribution is -2.02. The molecule has 0 saturated heterocycles. The molecule has 2 nitrogen and oxygen atoms in total. The van der Waals surface area contributed by atoms with E-state index >= 15 is 0 Å². The molecule has 0 atom stereocenters. The fourth-order valence-electron chi connectivity index (χ4n) is 2.16. The van der Waals surface area contributed by atoms with Crippen molar-refractivity contribution < 1.29 is 8.78 Å². The molecule has 0 fully saturated rings. The van der Waals surface area contributed by atoms with Crippen molar-refractivity contribution in [3.8, 4) is 11.4 Å². The standard InChI is InChI=1S/C16H11F2IN2/c17-14-5-4-11(8-15(14)18)10-21-7-6-20-16(21)12-2-1-3-13(19)9-12/h1-9H,10H2. The molecule has 3 rings (SSSR count). The molecule has 0 N–H and O–H groups in total. The Hall–Kier alpha value is -1.76. The molecule has 106 valence electrons. The minimum atomic E-state index is -0.831. The van der Waals surface area contributed by atoms with Gasteiger partial charge in [0.05, 0.1) is 0 Å². The van der Waals surface area contributed by atoms with Gasteiger partial charge >= 0.3 is 0 Å². The SMILES string of the molecule is Fc1ccc(Cn2ccnc2-c2cccc(I)c2)cc1F. The summed E-state index contributed by atoms with van der Waals surface area (Å²) in [6.07, 6.45) is 3.53. The van der Waals surface area contributed by atoms with E-state index in [9.17, 15) is 8.78 Å². The van der Waals surface area contributed by atoms with Crippen LogP contribution in [0.4, 0.5) is 8.78 Å². The maximum absolute atomic E-state index is 13.3. The van der Waals surface area contributed by atoms with Gasteiger partial charge in [0.2, 0.25) is 0 Å². The van der Waals surface area contributed by atoms with Crippen molar-refractivity contribution in [2.24, 2.45) is 0 Å². The second kappa shape index (κ2) is 5.93. The normalized spacial score (nSPS) is 10.8. The Bertz CT molecular complexity index is 783. The molecule has 3 aromatic rings. The van der Waals surface area contributed by atoms with Gasteiger partial charge in [-0.25, -0.2) is 13.8 Å². The van der Waals surface area contributed by atoms with Gasteiger partial charge in [-0.1, -0.05) is 18.2 Å². The number of halogens is 3. The number of nitrogens with zero attached hydrogens (tertiary/aromatic N) is 2. The van der Waals surface area contributed by atoms with Crippen LogP contribution in [0.2, 0.25) is 0 Å². The van der Waals surface area contributed by atoms with Crippen molar-refractivity contribution in [2.75, 3.05) is 0 Å². The summed E-state index contributed by atoms with van der Waals surface area (Å²) in [6, 6.07) is 11.9. The zero-order valence-corrected chi connectivity index (χ0v) is 13.1. The fraction of sp³-hybridized carbons (Fsp3) is 0.0625. The van der Waals surface area contributed by atoms with E-state index in [-0.39, 0.29) is 0 Å². The van der Waals surface area contributed by atoms with Gasteiger partial charge < -0.3 is 4.57 Å². The van der Waals surface area contributed by atoms with Crippen molar-refractivity contribution in [3.05, 3.63) is 75.6 Å². The van der Waals surface area contributed by atoms with Gasteiger partial charge in [-0.3, -0.25) is 0 Å². The molecule has 0 aliphatic carbocycles. The van der Waals surface area contributed by atoms with Crippen LogP contribution >= 0.6 is 22.6 Å². The summed E-state index contributed by atoms with van der Waals surface area (Å²) in [6.45, 7) is 0.442. The Balaban J connectivity index is 1.94. The van der Waals surface area contributed by atoms with E-state index in [1.807, 2.05) is 35.0 Å². The Kier molecular flexibility index (Phi) is 4.01. The predicted octanol–water partition coefficient (Wildman–Crippen LogP) is 4.48. The Morgan fingerprint density at radius 2 is 1.90 bits per heavy atom. The quantitative estimate of drug-likeness (QED) is 0.597. The molecular formula is C16H11F2IN2. The van der Waals surface area contributed by atoms with E-state index in [2.05, 4.69) is 27.6 Å². The van der Waals surface area contributed by atoms with Gasteiger partial charge in [-0.05, 0) is 52.4 Å². The molecule has 0 spiro atoms. The zero-order chi connectivity index (χ0) is 14.8. The van der Waals surface area contributed by atoms with E-state index in [0.29, 0.717) is 12.1 Å². The molecule has 5 heteroatoms. The highest BCUT2D eigenvalue weighted by Crippen LogP contribution is 2.21. The van der Waals surface area contributed by atoms with Crippen LogP contribution in [0.25, 0.3) is 11.4 Å². The Morgan fingerprint density at radius 3 is 2.67 bits per heavy atom. The second-order valence-electron chi connectivity index (χ2n) is 4.64. The molecular weight excluding hydrogens is 385 g/mol. The lowest BCUT2D eigenvalue weighted by atomic mass is 10.2. The van der Waals surface area contributed by atoms with Crippen molar-refractivity contribution in [1.29, 1.82) is 0 Å². The summed E-state index contributed by atoms with van der Waals surface area (Å²) in [5.74, 6) is -0.858. The summed E-state index contributed by atoms with van der Waals surface area (Å²) in [7, 11) is 0. The van der Waals surface area contributed by atoms with Gasteiger partial charge in [-0.15, -0.1) is 0 Å². The van der Waals surface area contributed by atoms with Crippen LogP contribution in [0.3, 0.4) is 0 Å². The van der Waals surface area contributed by atoms with Gasteiger partial charge in [0.15, 0.2) is 11.6 Å². The van der Waals surface area contributed by atoms with E-state index in [1.165, 1.54) is 6.07 Å². The first-order valence-electron chi connectivity index (χ1n) is 6.34. The minimum absolute atomic E-state index is 0.442. The van der Waals surface area contributed by atoms with Crippen LogP contribution in [0.15, 0.2) is 54.9 Å².